The molecular formula is C26H29ClN3O2. The van der Waals surface area contributed by atoms with E-state index in [1.54, 1.807) is 12.3 Å². The highest BCUT2D eigenvalue weighted by atomic mass is 35.5. The maximum Gasteiger partial charge on any atom is 0.176 e. The fourth-order valence-corrected chi connectivity index (χ4v) is 5.30. The summed E-state index contributed by atoms with van der Waals surface area (Å²) >= 11 is 6.23. The summed E-state index contributed by atoms with van der Waals surface area (Å²) in [6.45, 7) is 5.91. The number of nitrogens with zero attached hydrogens (tertiary/aromatic N) is 3. The normalized spacial score (nSPS) is 17.9. The molecule has 0 aliphatic carbocycles. The Hall–Kier alpha value is -2.50. The van der Waals surface area contributed by atoms with E-state index < -0.39 is 0 Å². The lowest BCUT2D eigenvalue weighted by atomic mass is 9.95. The molecule has 0 saturated carbocycles. The van der Waals surface area contributed by atoms with Crippen LogP contribution in [0.5, 0.6) is 11.5 Å². The quantitative estimate of drug-likeness (QED) is 0.565. The number of hydrogen-bond donors (Lipinski definition) is 1. The van der Waals surface area contributed by atoms with E-state index in [-0.39, 0.29) is 10.8 Å². The first-order valence-electron chi connectivity index (χ1n) is 11.5. The molecule has 1 N–H and O–H groups in total. The molecular weight excluding hydrogens is 422 g/mol. The minimum atomic E-state index is -0.0359. The molecule has 1 radical (unpaired) electrons. The first kappa shape index (κ1) is 21.4. The van der Waals surface area contributed by atoms with E-state index in [1.165, 1.54) is 52.4 Å². The fraction of sp³-hybridized carbons (Fsp3) is 0.423. The Morgan fingerprint density at radius 3 is 2.62 bits per heavy atom. The van der Waals surface area contributed by atoms with Crippen molar-refractivity contribution in [3.05, 3.63) is 47.6 Å². The van der Waals surface area contributed by atoms with Crippen LogP contribution in [-0.4, -0.2) is 54.8 Å². The number of fused-ring (bicyclic) bond motifs is 1. The Morgan fingerprint density at radius 1 is 1.09 bits per heavy atom. The molecule has 6 heteroatoms. The summed E-state index contributed by atoms with van der Waals surface area (Å²) in [6.07, 6.45) is 6.94. The van der Waals surface area contributed by atoms with Crippen molar-refractivity contribution in [1.29, 1.82) is 0 Å². The van der Waals surface area contributed by atoms with Crippen LogP contribution in [-0.2, 0) is 0 Å². The molecule has 167 valence electrons. The van der Waals surface area contributed by atoms with E-state index in [2.05, 4.69) is 26.9 Å². The highest BCUT2D eigenvalue weighted by molar-refractivity contribution is 6.32. The number of aromatic hydroxyl groups is 1. The molecule has 2 aliphatic rings. The van der Waals surface area contributed by atoms with Crippen LogP contribution in [0.3, 0.4) is 0 Å². The summed E-state index contributed by atoms with van der Waals surface area (Å²) in [5.41, 5.74) is 3.97. The van der Waals surface area contributed by atoms with Gasteiger partial charge in [0.25, 0.3) is 0 Å². The number of hydrogen-bond acceptors (Lipinski definition) is 5. The maximum atomic E-state index is 10.1. The molecule has 2 aliphatic heterocycles. The number of rotatable bonds is 5. The number of halogens is 1. The average molecular weight is 451 g/mol. The molecule has 0 atom stereocenters. The fourth-order valence-electron chi connectivity index (χ4n) is 5.09. The number of phenolic OH excluding ortho intramolecular Hbond substituents is 1. The average Bonchev–Trinajstić information content (AvgIpc) is 3.33. The molecule has 3 aromatic rings. The lowest BCUT2D eigenvalue weighted by Crippen LogP contribution is -2.38. The lowest BCUT2D eigenvalue weighted by Gasteiger charge is -2.35. The van der Waals surface area contributed by atoms with Crippen LogP contribution in [0, 0.1) is 12.0 Å². The van der Waals surface area contributed by atoms with Crippen LogP contribution >= 0.6 is 11.6 Å². The molecule has 3 heterocycles. The number of aromatic nitrogens is 1. The van der Waals surface area contributed by atoms with Crippen molar-refractivity contribution >= 4 is 28.2 Å². The summed E-state index contributed by atoms with van der Waals surface area (Å²) in [4.78, 5) is 9.63. The predicted octanol–water partition coefficient (Wildman–Crippen LogP) is 5.38. The third-order valence-corrected chi connectivity index (χ3v) is 7.17. The molecule has 5 nitrogen and oxygen atoms in total. The van der Waals surface area contributed by atoms with Crippen molar-refractivity contribution in [2.75, 3.05) is 44.7 Å². The molecule has 2 aromatic carbocycles. The summed E-state index contributed by atoms with van der Waals surface area (Å²) in [5, 5.41) is 11.4. The zero-order valence-corrected chi connectivity index (χ0v) is 19.2. The molecule has 0 amide bonds. The molecule has 5 rings (SSSR count). The van der Waals surface area contributed by atoms with Gasteiger partial charge in [-0.25, -0.2) is 0 Å². The smallest absolute Gasteiger partial charge is 0.176 e. The second kappa shape index (κ2) is 9.16. The molecule has 0 unspecified atom stereocenters. The Balaban J connectivity index is 1.41. The molecule has 1 aromatic heterocycles. The van der Waals surface area contributed by atoms with E-state index in [4.69, 9.17) is 16.3 Å². The Labute approximate surface area is 194 Å². The number of pyridine rings is 1. The van der Waals surface area contributed by atoms with Gasteiger partial charge in [0.1, 0.15) is 0 Å². The summed E-state index contributed by atoms with van der Waals surface area (Å²) < 4.78 is 5.29. The van der Waals surface area contributed by atoms with Gasteiger partial charge in [-0.3, -0.25) is 4.98 Å². The highest BCUT2D eigenvalue weighted by Gasteiger charge is 2.24. The number of benzene rings is 2. The molecule has 2 fully saturated rings. The third-order valence-electron chi connectivity index (χ3n) is 6.88. The number of ether oxygens (including phenoxy) is 1. The van der Waals surface area contributed by atoms with E-state index in [0.29, 0.717) is 5.75 Å². The van der Waals surface area contributed by atoms with Crippen LogP contribution < -0.4 is 9.64 Å². The summed E-state index contributed by atoms with van der Waals surface area (Å²) in [5.74, 6) is 1.12. The van der Waals surface area contributed by atoms with Crippen LogP contribution in [0.4, 0.5) is 5.69 Å². The second-order valence-electron chi connectivity index (χ2n) is 8.93. The van der Waals surface area contributed by atoms with Crippen LogP contribution in [0.15, 0.2) is 36.5 Å². The summed E-state index contributed by atoms with van der Waals surface area (Å²) in [6, 6.07) is 13.2. The van der Waals surface area contributed by atoms with Gasteiger partial charge >= 0.3 is 0 Å². The van der Waals surface area contributed by atoms with Gasteiger partial charge in [-0.1, -0.05) is 17.7 Å². The van der Waals surface area contributed by atoms with Gasteiger partial charge < -0.3 is 19.6 Å². The minimum absolute atomic E-state index is 0.0359. The van der Waals surface area contributed by atoms with Crippen molar-refractivity contribution in [3.63, 3.8) is 0 Å². The van der Waals surface area contributed by atoms with Crippen molar-refractivity contribution in [1.82, 2.24) is 9.88 Å². The van der Waals surface area contributed by atoms with Crippen LogP contribution in [0.2, 0.25) is 5.02 Å². The van der Waals surface area contributed by atoms with Gasteiger partial charge in [-0.2, -0.15) is 0 Å². The Morgan fingerprint density at radius 2 is 1.88 bits per heavy atom. The largest absolute Gasteiger partial charge is 0.503 e. The van der Waals surface area contributed by atoms with E-state index >= 15 is 0 Å². The van der Waals surface area contributed by atoms with Crippen molar-refractivity contribution in [2.24, 2.45) is 5.92 Å². The van der Waals surface area contributed by atoms with Crippen molar-refractivity contribution in [3.8, 4) is 22.6 Å². The predicted molar refractivity (Wildman–Crippen MR) is 130 cm³/mol. The number of anilines is 1. The van der Waals surface area contributed by atoms with Crippen molar-refractivity contribution in [2.45, 2.75) is 25.7 Å². The minimum Gasteiger partial charge on any atom is -0.503 e. The molecule has 2 saturated heterocycles. The lowest BCUT2D eigenvalue weighted by molar-refractivity contribution is 0.249. The molecule has 32 heavy (non-hydrogen) atoms. The van der Waals surface area contributed by atoms with E-state index in [9.17, 15) is 5.11 Å². The monoisotopic (exact) mass is 450 g/mol. The Kier molecular flexibility index (Phi) is 6.11. The zero-order valence-electron chi connectivity index (χ0n) is 18.5. The van der Waals surface area contributed by atoms with Gasteiger partial charge in [-0.05, 0) is 80.1 Å². The van der Waals surface area contributed by atoms with Gasteiger partial charge in [0, 0.05) is 37.3 Å². The van der Waals surface area contributed by atoms with Gasteiger partial charge in [-0.15, -0.1) is 0 Å². The first-order chi connectivity index (χ1) is 15.6. The SMILES string of the molecule is COc1cc(-c2ccc3nc[c]c(N4CCC(CN5CCCC5)CC4)c3c2)cc(Cl)c1O. The number of likely N-dealkylation sites (tertiary alicyclic amines) is 1. The Bertz CT molecular complexity index is 1110. The third kappa shape index (κ3) is 4.24. The molecule has 0 bridgehead atoms. The van der Waals surface area contributed by atoms with Gasteiger partial charge in [0.2, 0.25) is 0 Å². The number of methoxy groups -OCH3 is 1. The van der Waals surface area contributed by atoms with E-state index in [1.807, 2.05) is 18.2 Å². The van der Waals surface area contributed by atoms with E-state index in [0.717, 1.165) is 46.7 Å². The zero-order chi connectivity index (χ0) is 22.1. The first-order valence-corrected chi connectivity index (χ1v) is 11.8. The highest BCUT2D eigenvalue weighted by Crippen LogP contribution is 2.39. The summed E-state index contributed by atoms with van der Waals surface area (Å²) in [7, 11) is 1.53. The molecule has 0 spiro atoms. The maximum absolute atomic E-state index is 10.1. The van der Waals surface area contributed by atoms with Gasteiger partial charge in [0.05, 0.1) is 23.3 Å². The number of phenols is 1. The standard InChI is InChI=1S/C26H29ClN3O2/c1-32-25-16-20(15-22(27)26(25)31)19-4-5-23-21(14-19)24(6-9-28-23)30-12-7-18(8-13-30)17-29-10-2-3-11-29/h4-5,9,14-16,18,31H,2-3,7-8,10-13,17H2,1H3. The van der Waals surface area contributed by atoms with Crippen LogP contribution in [0.25, 0.3) is 22.0 Å². The second-order valence-corrected chi connectivity index (χ2v) is 9.34. The topological polar surface area (TPSA) is 48.8 Å². The van der Waals surface area contributed by atoms with Crippen LogP contribution in [0.1, 0.15) is 25.7 Å². The number of piperidine rings is 1. The van der Waals surface area contributed by atoms with Gasteiger partial charge in [0.15, 0.2) is 11.5 Å². The van der Waals surface area contributed by atoms with Crippen molar-refractivity contribution < 1.29 is 9.84 Å².